The molecular weight excluding hydrogens is 320 g/mol. The zero-order valence-electron chi connectivity index (χ0n) is 10.4. The molecule has 3 nitrogen and oxygen atoms in total. The molecule has 0 radical (unpaired) electrons. The number of anilines is 1. The van der Waals surface area contributed by atoms with Crippen LogP contribution in [-0.2, 0) is 9.53 Å². The number of rotatable bonds is 4. The van der Waals surface area contributed by atoms with Gasteiger partial charge in [-0.3, -0.25) is 4.79 Å². The summed E-state index contributed by atoms with van der Waals surface area (Å²) in [7, 11) is 1.56. The van der Waals surface area contributed by atoms with Crippen LogP contribution in [0, 0.1) is 11.6 Å². The molecule has 104 valence electrons. The lowest BCUT2D eigenvalue weighted by Crippen LogP contribution is -2.42. The highest BCUT2D eigenvalue weighted by Gasteiger charge is 2.39. The van der Waals surface area contributed by atoms with Crippen molar-refractivity contribution in [1.29, 1.82) is 0 Å². The lowest BCUT2D eigenvalue weighted by atomic mass is 9.77. The Morgan fingerprint density at radius 3 is 2.63 bits per heavy atom. The number of hydrogen-bond donors (Lipinski definition) is 1. The first kappa shape index (κ1) is 14.4. The van der Waals surface area contributed by atoms with Crippen molar-refractivity contribution < 1.29 is 18.3 Å². The summed E-state index contributed by atoms with van der Waals surface area (Å²) in [5.41, 5.74) is -0.592. The summed E-state index contributed by atoms with van der Waals surface area (Å²) in [4.78, 5) is 11.8. The fourth-order valence-corrected chi connectivity index (χ4v) is 2.44. The van der Waals surface area contributed by atoms with Crippen LogP contribution in [0.4, 0.5) is 14.5 Å². The molecule has 0 atom stereocenters. The van der Waals surface area contributed by atoms with Gasteiger partial charge in [0.2, 0.25) is 5.91 Å². The van der Waals surface area contributed by atoms with Crippen molar-refractivity contribution in [3.8, 4) is 0 Å². The van der Waals surface area contributed by atoms with Gasteiger partial charge in [0.1, 0.15) is 11.6 Å². The van der Waals surface area contributed by atoms with Crippen LogP contribution in [-0.4, -0.2) is 18.6 Å². The third kappa shape index (κ3) is 3.12. The summed E-state index contributed by atoms with van der Waals surface area (Å²) in [5, 5.41) is 2.38. The minimum Gasteiger partial charge on any atom is -0.378 e. The molecular formula is C13H14BrF2NO2. The molecule has 0 spiro atoms. The number of ether oxygens (including phenoxy) is 1. The maximum absolute atomic E-state index is 13.6. The molecule has 1 amide bonds. The average molecular weight is 334 g/mol. The zero-order valence-corrected chi connectivity index (χ0v) is 12.0. The largest absolute Gasteiger partial charge is 0.378 e. The van der Waals surface area contributed by atoms with Crippen LogP contribution in [0.15, 0.2) is 16.6 Å². The number of amides is 1. The SMILES string of the molecule is COC1(CC(=O)Nc2cc(F)c(Br)cc2F)CCC1. The van der Waals surface area contributed by atoms with E-state index < -0.39 is 17.2 Å². The van der Waals surface area contributed by atoms with Crippen LogP contribution in [0.1, 0.15) is 25.7 Å². The highest BCUT2D eigenvalue weighted by atomic mass is 79.9. The van der Waals surface area contributed by atoms with E-state index in [4.69, 9.17) is 4.74 Å². The molecule has 0 aromatic heterocycles. The Hall–Kier alpha value is -1.01. The van der Waals surface area contributed by atoms with Crippen molar-refractivity contribution in [2.75, 3.05) is 12.4 Å². The first-order chi connectivity index (χ1) is 8.96. The smallest absolute Gasteiger partial charge is 0.227 e. The maximum Gasteiger partial charge on any atom is 0.227 e. The summed E-state index contributed by atoms with van der Waals surface area (Å²) < 4.78 is 32.2. The average Bonchev–Trinajstić information content (AvgIpc) is 2.31. The van der Waals surface area contributed by atoms with Crippen molar-refractivity contribution in [3.05, 3.63) is 28.2 Å². The van der Waals surface area contributed by atoms with Crippen molar-refractivity contribution in [2.24, 2.45) is 0 Å². The van der Waals surface area contributed by atoms with Gasteiger partial charge in [0.05, 0.1) is 22.2 Å². The third-order valence-corrected chi connectivity index (χ3v) is 4.07. The molecule has 2 rings (SSSR count). The predicted molar refractivity (Wildman–Crippen MR) is 70.9 cm³/mol. The van der Waals surface area contributed by atoms with Gasteiger partial charge >= 0.3 is 0 Å². The van der Waals surface area contributed by atoms with Gasteiger partial charge in [0, 0.05) is 13.2 Å². The van der Waals surface area contributed by atoms with E-state index in [-0.39, 0.29) is 22.5 Å². The first-order valence-corrected chi connectivity index (χ1v) is 6.75. The van der Waals surface area contributed by atoms with E-state index in [2.05, 4.69) is 21.2 Å². The number of carbonyl (C=O) groups excluding carboxylic acids is 1. The standard InChI is InChI=1S/C13H14BrF2NO2/c1-19-13(3-2-4-13)7-12(18)17-11-6-9(15)8(14)5-10(11)16/h5-6H,2-4,7H2,1H3,(H,17,18). The highest BCUT2D eigenvalue weighted by molar-refractivity contribution is 9.10. The van der Waals surface area contributed by atoms with Crippen LogP contribution >= 0.6 is 15.9 Å². The third-order valence-electron chi connectivity index (χ3n) is 3.46. The van der Waals surface area contributed by atoms with Crippen molar-refractivity contribution in [3.63, 3.8) is 0 Å². The molecule has 1 saturated carbocycles. The first-order valence-electron chi connectivity index (χ1n) is 5.95. The molecule has 19 heavy (non-hydrogen) atoms. The molecule has 0 aliphatic heterocycles. The molecule has 6 heteroatoms. The highest BCUT2D eigenvalue weighted by Crippen LogP contribution is 2.38. The second-order valence-corrected chi connectivity index (χ2v) is 5.57. The number of halogens is 3. The Bertz CT molecular complexity index is 498. The van der Waals surface area contributed by atoms with E-state index in [0.717, 1.165) is 31.4 Å². The maximum atomic E-state index is 13.6. The van der Waals surface area contributed by atoms with Crippen molar-refractivity contribution in [2.45, 2.75) is 31.3 Å². The number of carbonyl (C=O) groups is 1. The van der Waals surface area contributed by atoms with Crippen LogP contribution in [0.3, 0.4) is 0 Å². The van der Waals surface area contributed by atoms with E-state index >= 15 is 0 Å². The molecule has 1 aliphatic rings. The second kappa shape index (κ2) is 5.54. The van der Waals surface area contributed by atoms with E-state index in [0.29, 0.717) is 0 Å². The summed E-state index contributed by atoms with van der Waals surface area (Å²) in [6, 6.07) is 1.94. The predicted octanol–water partition coefficient (Wildman–Crippen LogP) is 3.63. The second-order valence-electron chi connectivity index (χ2n) is 4.71. The zero-order chi connectivity index (χ0) is 14.0. The van der Waals surface area contributed by atoms with Gasteiger partial charge in [0.15, 0.2) is 0 Å². The fourth-order valence-electron chi connectivity index (χ4n) is 2.13. The fraction of sp³-hybridized carbons (Fsp3) is 0.462. The number of benzene rings is 1. The topological polar surface area (TPSA) is 38.3 Å². The molecule has 0 saturated heterocycles. The molecule has 1 N–H and O–H groups in total. The van der Waals surface area contributed by atoms with E-state index in [1.54, 1.807) is 7.11 Å². The van der Waals surface area contributed by atoms with Gasteiger partial charge in [-0.2, -0.15) is 0 Å². The van der Waals surface area contributed by atoms with Gasteiger partial charge < -0.3 is 10.1 Å². The summed E-state index contributed by atoms with van der Waals surface area (Å²) in [6.45, 7) is 0. The summed E-state index contributed by atoms with van der Waals surface area (Å²) >= 11 is 2.88. The Morgan fingerprint density at radius 2 is 2.11 bits per heavy atom. The van der Waals surface area contributed by atoms with Crippen LogP contribution < -0.4 is 5.32 Å². The minimum atomic E-state index is -0.679. The van der Waals surface area contributed by atoms with Crippen molar-refractivity contribution >= 4 is 27.5 Å². The lowest BCUT2D eigenvalue weighted by molar-refractivity contribution is -0.129. The number of hydrogen-bond acceptors (Lipinski definition) is 2. The monoisotopic (exact) mass is 333 g/mol. The van der Waals surface area contributed by atoms with E-state index in [9.17, 15) is 13.6 Å². The van der Waals surface area contributed by atoms with Gasteiger partial charge in [0.25, 0.3) is 0 Å². The summed E-state index contributed by atoms with van der Waals surface area (Å²) in [6.07, 6.45) is 2.80. The van der Waals surface area contributed by atoms with Gasteiger partial charge in [-0.15, -0.1) is 0 Å². The Kier molecular flexibility index (Phi) is 4.20. The molecule has 0 bridgehead atoms. The van der Waals surface area contributed by atoms with Crippen molar-refractivity contribution in [1.82, 2.24) is 0 Å². The van der Waals surface area contributed by atoms with Crippen LogP contribution in [0.2, 0.25) is 0 Å². The minimum absolute atomic E-state index is 0.0235. The molecule has 0 unspecified atom stereocenters. The molecule has 1 aromatic rings. The van der Waals surface area contributed by atoms with E-state index in [1.807, 2.05) is 0 Å². The molecule has 1 aliphatic carbocycles. The molecule has 0 heterocycles. The van der Waals surface area contributed by atoms with Crippen LogP contribution in [0.5, 0.6) is 0 Å². The Labute approximate surface area is 118 Å². The lowest BCUT2D eigenvalue weighted by Gasteiger charge is -2.39. The normalized spacial score (nSPS) is 16.8. The van der Waals surface area contributed by atoms with Gasteiger partial charge in [-0.1, -0.05) is 0 Å². The van der Waals surface area contributed by atoms with Gasteiger partial charge in [-0.05, 0) is 41.3 Å². The molecule has 1 fully saturated rings. The summed E-state index contributed by atoms with van der Waals surface area (Å²) in [5.74, 6) is -1.68. The number of methoxy groups -OCH3 is 1. The van der Waals surface area contributed by atoms with Crippen LogP contribution in [0.25, 0.3) is 0 Å². The number of nitrogens with one attached hydrogen (secondary N) is 1. The quantitative estimate of drug-likeness (QED) is 0.854. The van der Waals surface area contributed by atoms with Gasteiger partial charge in [-0.25, -0.2) is 8.78 Å². The Morgan fingerprint density at radius 1 is 1.42 bits per heavy atom. The Balaban J connectivity index is 2.05. The molecule has 1 aromatic carbocycles. The van der Waals surface area contributed by atoms with E-state index in [1.165, 1.54) is 0 Å².